The maximum absolute atomic E-state index is 13.5. The minimum absolute atomic E-state index is 0.0484. The molecule has 0 saturated heterocycles. The van der Waals surface area contributed by atoms with E-state index in [1.807, 2.05) is 24.3 Å². The van der Waals surface area contributed by atoms with E-state index in [-0.39, 0.29) is 5.69 Å². The molecule has 3 rings (SSSR count). The summed E-state index contributed by atoms with van der Waals surface area (Å²) in [5, 5.41) is 3.35. The second kappa shape index (κ2) is 6.80. The van der Waals surface area contributed by atoms with Crippen molar-refractivity contribution in [1.29, 1.82) is 0 Å². The number of carbonyl (C=O) groups is 2. The van der Waals surface area contributed by atoms with Crippen LogP contribution in [0.2, 0.25) is 0 Å². The number of fused-ring (bicyclic) bond motifs is 1. The summed E-state index contributed by atoms with van der Waals surface area (Å²) in [6, 6.07) is 15.1. The van der Waals surface area contributed by atoms with Crippen molar-refractivity contribution in [3.63, 3.8) is 0 Å². The lowest BCUT2D eigenvalue weighted by atomic mass is 10.2. The van der Waals surface area contributed by atoms with Crippen LogP contribution in [0.1, 0.15) is 16.6 Å². The Hall–Kier alpha value is -2.73. The van der Waals surface area contributed by atoms with Gasteiger partial charge in [0.15, 0.2) is 6.10 Å². The minimum atomic E-state index is -1.04. The van der Waals surface area contributed by atoms with Gasteiger partial charge in [-0.1, -0.05) is 30.3 Å². The number of thiophene rings is 1. The molecule has 0 unspecified atom stereocenters. The molecule has 122 valence electrons. The fourth-order valence-corrected chi connectivity index (χ4v) is 3.10. The van der Waals surface area contributed by atoms with Crippen molar-refractivity contribution in [2.24, 2.45) is 0 Å². The van der Waals surface area contributed by atoms with E-state index in [1.54, 1.807) is 12.1 Å². The highest BCUT2D eigenvalue weighted by atomic mass is 32.1. The molecular weight excluding hydrogens is 329 g/mol. The Morgan fingerprint density at radius 1 is 1.12 bits per heavy atom. The molecule has 0 radical (unpaired) electrons. The molecule has 1 heterocycles. The summed E-state index contributed by atoms with van der Waals surface area (Å²) < 4.78 is 19.7. The quantitative estimate of drug-likeness (QED) is 0.722. The molecule has 0 saturated carbocycles. The Bertz CT molecular complexity index is 873. The first-order valence-electron chi connectivity index (χ1n) is 7.29. The van der Waals surface area contributed by atoms with E-state index < -0.39 is 23.8 Å². The number of rotatable bonds is 4. The number of esters is 1. The van der Waals surface area contributed by atoms with Crippen molar-refractivity contribution in [2.45, 2.75) is 13.0 Å². The van der Waals surface area contributed by atoms with E-state index in [0.29, 0.717) is 4.88 Å². The maximum Gasteiger partial charge on any atom is 0.349 e. The molecule has 3 aromatic rings. The molecule has 0 aliphatic rings. The summed E-state index contributed by atoms with van der Waals surface area (Å²) in [4.78, 5) is 24.7. The second-order valence-corrected chi connectivity index (χ2v) is 6.25. The van der Waals surface area contributed by atoms with Crippen molar-refractivity contribution in [3.8, 4) is 0 Å². The molecule has 24 heavy (non-hydrogen) atoms. The largest absolute Gasteiger partial charge is 0.448 e. The fourth-order valence-electron chi connectivity index (χ4n) is 2.15. The van der Waals surface area contributed by atoms with Crippen molar-refractivity contribution in [3.05, 3.63) is 65.3 Å². The van der Waals surface area contributed by atoms with Gasteiger partial charge in [0, 0.05) is 4.70 Å². The number of carbonyl (C=O) groups excluding carboxylic acids is 2. The Morgan fingerprint density at radius 2 is 1.83 bits per heavy atom. The van der Waals surface area contributed by atoms with E-state index in [9.17, 15) is 14.0 Å². The third kappa shape index (κ3) is 3.44. The Kier molecular flexibility index (Phi) is 4.57. The van der Waals surface area contributed by atoms with Crippen LogP contribution in [-0.2, 0) is 9.53 Å². The lowest BCUT2D eigenvalue weighted by Crippen LogP contribution is -2.30. The van der Waals surface area contributed by atoms with E-state index >= 15 is 0 Å². The number of ether oxygens (including phenoxy) is 1. The minimum Gasteiger partial charge on any atom is -0.448 e. The zero-order valence-corrected chi connectivity index (χ0v) is 13.6. The van der Waals surface area contributed by atoms with Crippen molar-refractivity contribution >= 4 is 39.0 Å². The smallest absolute Gasteiger partial charge is 0.349 e. The lowest BCUT2D eigenvalue weighted by Gasteiger charge is -2.13. The van der Waals surface area contributed by atoms with Gasteiger partial charge in [0.25, 0.3) is 5.91 Å². The lowest BCUT2D eigenvalue weighted by molar-refractivity contribution is -0.123. The van der Waals surface area contributed by atoms with Crippen LogP contribution in [-0.4, -0.2) is 18.0 Å². The van der Waals surface area contributed by atoms with Gasteiger partial charge in [-0.25, -0.2) is 9.18 Å². The first kappa shape index (κ1) is 16.1. The number of benzene rings is 2. The molecule has 1 N–H and O–H groups in total. The first-order chi connectivity index (χ1) is 11.5. The highest BCUT2D eigenvalue weighted by molar-refractivity contribution is 7.20. The van der Waals surface area contributed by atoms with E-state index in [4.69, 9.17) is 4.74 Å². The first-order valence-corrected chi connectivity index (χ1v) is 8.11. The SMILES string of the molecule is C[C@@H](OC(=O)c1cc2ccccc2s1)C(=O)Nc1ccccc1F. The number of halogens is 1. The number of para-hydroxylation sites is 1. The Balaban J connectivity index is 1.67. The molecule has 1 atom stereocenters. The highest BCUT2D eigenvalue weighted by Gasteiger charge is 2.21. The van der Waals surface area contributed by atoms with Crippen LogP contribution in [0.15, 0.2) is 54.6 Å². The monoisotopic (exact) mass is 343 g/mol. The van der Waals surface area contributed by atoms with Gasteiger partial charge in [-0.2, -0.15) is 0 Å². The number of hydrogen-bond donors (Lipinski definition) is 1. The molecular formula is C18H14FNO3S. The average Bonchev–Trinajstić information content (AvgIpc) is 3.01. The van der Waals surface area contributed by atoms with E-state index in [1.165, 1.54) is 36.5 Å². The van der Waals surface area contributed by atoms with Crippen LogP contribution in [0.3, 0.4) is 0 Å². The molecule has 0 fully saturated rings. The molecule has 6 heteroatoms. The van der Waals surface area contributed by atoms with Gasteiger partial charge in [-0.15, -0.1) is 11.3 Å². The second-order valence-electron chi connectivity index (χ2n) is 5.17. The zero-order valence-electron chi connectivity index (χ0n) is 12.8. The number of nitrogens with one attached hydrogen (secondary N) is 1. The van der Waals surface area contributed by atoms with Gasteiger partial charge in [0.05, 0.1) is 5.69 Å². The van der Waals surface area contributed by atoms with Gasteiger partial charge >= 0.3 is 5.97 Å². The topological polar surface area (TPSA) is 55.4 Å². The summed E-state index contributed by atoms with van der Waals surface area (Å²) >= 11 is 1.30. The molecule has 0 bridgehead atoms. The predicted octanol–water partition coefficient (Wildman–Crippen LogP) is 4.22. The maximum atomic E-state index is 13.5. The molecule has 1 aromatic heterocycles. The van der Waals surface area contributed by atoms with Gasteiger partial charge in [0.1, 0.15) is 10.7 Å². The average molecular weight is 343 g/mol. The van der Waals surface area contributed by atoms with Crippen LogP contribution < -0.4 is 5.32 Å². The van der Waals surface area contributed by atoms with Crippen molar-refractivity contribution < 1.29 is 18.7 Å². The molecule has 4 nitrogen and oxygen atoms in total. The Morgan fingerprint density at radius 3 is 2.58 bits per heavy atom. The van der Waals surface area contributed by atoms with Gasteiger partial charge in [-0.05, 0) is 36.6 Å². The number of anilines is 1. The summed E-state index contributed by atoms with van der Waals surface area (Å²) in [5.41, 5.74) is 0.0484. The zero-order chi connectivity index (χ0) is 17.1. The third-order valence-corrected chi connectivity index (χ3v) is 4.51. The van der Waals surface area contributed by atoms with Crippen LogP contribution in [0.5, 0.6) is 0 Å². The molecule has 0 aliphatic carbocycles. The Labute approximate surface area is 141 Å². The van der Waals surface area contributed by atoms with Gasteiger partial charge in [0.2, 0.25) is 0 Å². The standard InChI is InChI=1S/C18H14FNO3S/c1-11(17(21)20-14-8-4-3-7-13(14)19)23-18(22)16-10-12-6-2-5-9-15(12)24-16/h2-11H,1H3,(H,20,21)/t11-/m1/s1. The van der Waals surface area contributed by atoms with Crippen LogP contribution in [0, 0.1) is 5.82 Å². The van der Waals surface area contributed by atoms with Gasteiger partial charge < -0.3 is 10.1 Å². The van der Waals surface area contributed by atoms with Gasteiger partial charge in [-0.3, -0.25) is 4.79 Å². The van der Waals surface area contributed by atoms with Crippen LogP contribution in [0.4, 0.5) is 10.1 Å². The summed E-state index contributed by atoms with van der Waals surface area (Å²) in [5.74, 6) is -1.71. The predicted molar refractivity (Wildman–Crippen MR) is 91.7 cm³/mol. The molecule has 1 amide bonds. The third-order valence-electron chi connectivity index (χ3n) is 3.41. The van der Waals surface area contributed by atoms with Crippen LogP contribution in [0.25, 0.3) is 10.1 Å². The number of amides is 1. The van der Waals surface area contributed by atoms with E-state index in [0.717, 1.165) is 10.1 Å². The van der Waals surface area contributed by atoms with Crippen molar-refractivity contribution in [1.82, 2.24) is 0 Å². The number of hydrogen-bond acceptors (Lipinski definition) is 4. The van der Waals surface area contributed by atoms with E-state index in [2.05, 4.69) is 5.32 Å². The molecule has 0 spiro atoms. The van der Waals surface area contributed by atoms with Crippen molar-refractivity contribution in [2.75, 3.05) is 5.32 Å². The fraction of sp³-hybridized carbons (Fsp3) is 0.111. The summed E-state index contributed by atoms with van der Waals surface area (Å²) in [6.07, 6.45) is -1.04. The normalized spacial score (nSPS) is 11.9. The summed E-state index contributed by atoms with van der Waals surface area (Å²) in [6.45, 7) is 1.45. The molecule has 0 aliphatic heterocycles. The highest BCUT2D eigenvalue weighted by Crippen LogP contribution is 2.26. The molecule has 2 aromatic carbocycles. The van der Waals surface area contributed by atoms with Crippen LogP contribution >= 0.6 is 11.3 Å². The summed E-state index contributed by atoms with van der Waals surface area (Å²) in [7, 11) is 0.